The van der Waals surface area contributed by atoms with Crippen molar-refractivity contribution in [3.05, 3.63) is 46.1 Å². The molecule has 0 saturated heterocycles. The number of hydrogen-bond acceptors (Lipinski definition) is 3. The summed E-state index contributed by atoms with van der Waals surface area (Å²) in [5.74, 6) is 0.589. The van der Waals surface area contributed by atoms with E-state index >= 15 is 0 Å². The van der Waals surface area contributed by atoms with Gasteiger partial charge >= 0.3 is 0 Å². The van der Waals surface area contributed by atoms with Crippen molar-refractivity contribution in [3.8, 4) is 23.1 Å². The van der Waals surface area contributed by atoms with Crippen LogP contribution in [0, 0.1) is 11.3 Å². The van der Waals surface area contributed by atoms with Gasteiger partial charge in [0.05, 0.1) is 30.3 Å². The van der Waals surface area contributed by atoms with Gasteiger partial charge in [-0.05, 0) is 30.3 Å². The quantitative estimate of drug-likeness (QED) is 0.854. The van der Waals surface area contributed by atoms with Crippen molar-refractivity contribution >= 4 is 23.2 Å². The molecule has 0 bridgehead atoms. The van der Waals surface area contributed by atoms with Gasteiger partial charge in [0.25, 0.3) is 0 Å². The monoisotopic (exact) mass is 292 g/mol. The highest BCUT2D eigenvalue weighted by molar-refractivity contribution is 6.35. The smallest absolute Gasteiger partial charge is 0.145 e. The Bertz CT molecular complexity index is 650. The Balaban J connectivity index is 2.62. The molecule has 0 spiro atoms. The van der Waals surface area contributed by atoms with Crippen LogP contribution in [0.3, 0.4) is 0 Å². The highest BCUT2D eigenvalue weighted by atomic mass is 35.5. The van der Waals surface area contributed by atoms with Crippen molar-refractivity contribution in [1.82, 2.24) is 4.98 Å². The Kier molecular flexibility index (Phi) is 4.26. The molecule has 0 unspecified atom stereocenters. The minimum atomic E-state index is 0.231. The van der Waals surface area contributed by atoms with Crippen LogP contribution in [0.15, 0.2) is 30.3 Å². The molecule has 2 aromatic rings. The van der Waals surface area contributed by atoms with E-state index in [0.717, 1.165) is 0 Å². The zero-order valence-electron chi connectivity index (χ0n) is 10.2. The lowest BCUT2D eigenvalue weighted by molar-refractivity contribution is 0.414. The van der Waals surface area contributed by atoms with Crippen LogP contribution in [-0.4, -0.2) is 12.1 Å². The van der Waals surface area contributed by atoms with Crippen molar-refractivity contribution in [1.29, 1.82) is 5.26 Å². The molecule has 0 aliphatic carbocycles. The van der Waals surface area contributed by atoms with Gasteiger partial charge in [-0.3, -0.25) is 0 Å². The highest BCUT2D eigenvalue weighted by Gasteiger charge is 2.13. The lowest BCUT2D eigenvalue weighted by atomic mass is 10.1. The number of nitriles is 1. The summed E-state index contributed by atoms with van der Waals surface area (Å²) < 4.78 is 5.28. The molecule has 1 heterocycles. The van der Waals surface area contributed by atoms with Crippen molar-refractivity contribution in [2.24, 2.45) is 0 Å². The number of benzene rings is 1. The molecule has 1 aromatic carbocycles. The van der Waals surface area contributed by atoms with Gasteiger partial charge in [-0.2, -0.15) is 5.26 Å². The van der Waals surface area contributed by atoms with Crippen LogP contribution in [-0.2, 0) is 6.42 Å². The zero-order chi connectivity index (χ0) is 13.8. The summed E-state index contributed by atoms with van der Waals surface area (Å²) in [4.78, 5) is 4.41. The largest absolute Gasteiger partial charge is 0.494 e. The number of rotatable bonds is 3. The van der Waals surface area contributed by atoms with Crippen LogP contribution < -0.4 is 4.74 Å². The molecule has 0 amide bonds. The molecule has 1 aromatic heterocycles. The Morgan fingerprint density at radius 2 is 2.05 bits per heavy atom. The van der Waals surface area contributed by atoms with E-state index in [1.165, 1.54) is 0 Å². The fourth-order valence-electron chi connectivity index (χ4n) is 1.70. The fraction of sp³-hybridized carbons (Fsp3) is 0.143. The minimum absolute atomic E-state index is 0.231. The maximum Gasteiger partial charge on any atom is 0.145 e. The predicted molar refractivity (Wildman–Crippen MR) is 75.6 cm³/mol. The van der Waals surface area contributed by atoms with E-state index in [0.29, 0.717) is 32.7 Å². The Morgan fingerprint density at radius 3 is 2.74 bits per heavy atom. The molecule has 0 fully saturated rings. The highest BCUT2D eigenvalue weighted by Crippen LogP contribution is 2.35. The third-order valence-electron chi connectivity index (χ3n) is 2.58. The van der Waals surface area contributed by atoms with E-state index < -0.39 is 0 Å². The lowest BCUT2D eigenvalue weighted by Crippen LogP contribution is -1.96. The lowest BCUT2D eigenvalue weighted by Gasteiger charge is -2.10. The van der Waals surface area contributed by atoms with Gasteiger partial charge in [-0.1, -0.05) is 23.2 Å². The second kappa shape index (κ2) is 5.92. The van der Waals surface area contributed by atoms with Crippen molar-refractivity contribution in [2.75, 3.05) is 7.11 Å². The fourth-order valence-corrected chi connectivity index (χ4v) is 2.08. The summed E-state index contributed by atoms with van der Waals surface area (Å²) >= 11 is 12.2. The molecule has 0 saturated carbocycles. The van der Waals surface area contributed by atoms with Crippen LogP contribution in [0.1, 0.15) is 5.69 Å². The van der Waals surface area contributed by atoms with Gasteiger partial charge in [-0.25, -0.2) is 4.98 Å². The van der Waals surface area contributed by atoms with Gasteiger partial charge < -0.3 is 4.74 Å². The van der Waals surface area contributed by atoms with E-state index in [1.807, 2.05) is 0 Å². The number of hydrogen-bond donors (Lipinski definition) is 0. The second-order valence-corrected chi connectivity index (χ2v) is 4.66. The summed E-state index contributed by atoms with van der Waals surface area (Å²) in [6.07, 6.45) is 0.231. The summed E-state index contributed by atoms with van der Waals surface area (Å²) in [5, 5.41) is 9.83. The average molecular weight is 293 g/mol. The van der Waals surface area contributed by atoms with Gasteiger partial charge in [0.15, 0.2) is 0 Å². The van der Waals surface area contributed by atoms with E-state index in [9.17, 15) is 0 Å². The SMILES string of the molecule is COc1ccc(CC#N)nc1-c1cc(Cl)ccc1Cl. The van der Waals surface area contributed by atoms with Crippen molar-refractivity contribution in [3.63, 3.8) is 0 Å². The molecular weight excluding hydrogens is 283 g/mol. The number of aromatic nitrogens is 1. The maximum absolute atomic E-state index is 8.74. The number of halogens is 2. The van der Waals surface area contributed by atoms with Crippen LogP contribution in [0.25, 0.3) is 11.3 Å². The van der Waals surface area contributed by atoms with Crippen LogP contribution >= 0.6 is 23.2 Å². The molecule has 0 radical (unpaired) electrons. The molecule has 0 aliphatic heterocycles. The predicted octanol–water partition coefficient (Wildman–Crippen LogP) is 4.13. The minimum Gasteiger partial charge on any atom is -0.494 e. The normalized spacial score (nSPS) is 10.0. The number of ether oxygens (including phenoxy) is 1. The number of nitrogens with zero attached hydrogens (tertiary/aromatic N) is 2. The molecule has 3 nitrogen and oxygen atoms in total. The summed E-state index contributed by atoms with van der Waals surface area (Å²) in [6.45, 7) is 0. The van der Waals surface area contributed by atoms with E-state index in [-0.39, 0.29) is 6.42 Å². The summed E-state index contributed by atoms with van der Waals surface area (Å²) in [7, 11) is 1.56. The summed E-state index contributed by atoms with van der Waals surface area (Å²) in [6, 6.07) is 10.7. The maximum atomic E-state index is 8.74. The molecular formula is C14H10Cl2N2O. The van der Waals surface area contributed by atoms with E-state index in [4.69, 9.17) is 33.2 Å². The third-order valence-corrected chi connectivity index (χ3v) is 3.14. The van der Waals surface area contributed by atoms with E-state index in [1.54, 1.807) is 37.4 Å². The molecule has 96 valence electrons. The van der Waals surface area contributed by atoms with Crippen LogP contribution in [0.2, 0.25) is 10.0 Å². The Labute approximate surface area is 121 Å². The van der Waals surface area contributed by atoms with Crippen LogP contribution in [0.5, 0.6) is 5.75 Å². The van der Waals surface area contributed by atoms with E-state index in [2.05, 4.69) is 11.1 Å². The van der Waals surface area contributed by atoms with Gasteiger partial charge in [-0.15, -0.1) is 0 Å². The number of pyridine rings is 1. The Morgan fingerprint density at radius 1 is 1.26 bits per heavy atom. The topological polar surface area (TPSA) is 45.9 Å². The van der Waals surface area contributed by atoms with Crippen molar-refractivity contribution in [2.45, 2.75) is 6.42 Å². The molecule has 0 aliphatic rings. The molecule has 2 rings (SSSR count). The van der Waals surface area contributed by atoms with Gasteiger partial charge in [0, 0.05) is 10.6 Å². The average Bonchev–Trinajstić information content (AvgIpc) is 2.42. The zero-order valence-corrected chi connectivity index (χ0v) is 11.7. The summed E-state index contributed by atoms with van der Waals surface area (Å²) in [5.41, 5.74) is 1.93. The molecule has 19 heavy (non-hydrogen) atoms. The molecule has 5 heteroatoms. The standard InChI is InChI=1S/C14H10Cl2N2O/c1-19-13-5-3-10(6-7-17)18-14(13)11-8-9(15)2-4-12(11)16/h2-5,8H,6H2,1H3. The first-order valence-corrected chi connectivity index (χ1v) is 6.27. The van der Waals surface area contributed by atoms with Crippen molar-refractivity contribution < 1.29 is 4.74 Å². The molecule has 0 N–H and O–H groups in total. The van der Waals surface area contributed by atoms with Gasteiger partial charge in [0.2, 0.25) is 0 Å². The molecule has 0 atom stereocenters. The first-order valence-electron chi connectivity index (χ1n) is 5.52. The first kappa shape index (κ1) is 13.7. The first-order chi connectivity index (χ1) is 9.15. The Hall–Kier alpha value is -1.76. The van der Waals surface area contributed by atoms with Crippen LogP contribution in [0.4, 0.5) is 0 Å². The number of methoxy groups -OCH3 is 1. The van der Waals surface area contributed by atoms with Gasteiger partial charge in [0.1, 0.15) is 11.4 Å². The second-order valence-electron chi connectivity index (χ2n) is 3.81. The third kappa shape index (κ3) is 2.98.